The Balaban J connectivity index is 1.46. The molecule has 6 heteroatoms. The van der Waals surface area contributed by atoms with Gasteiger partial charge in [0.1, 0.15) is 18.5 Å². The van der Waals surface area contributed by atoms with Crippen LogP contribution < -0.4 is 10.1 Å². The molecule has 1 saturated carbocycles. The van der Waals surface area contributed by atoms with Crippen LogP contribution in [0.2, 0.25) is 0 Å². The summed E-state index contributed by atoms with van der Waals surface area (Å²) >= 11 is 1.64. The van der Waals surface area contributed by atoms with Crippen LogP contribution in [-0.4, -0.2) is 27.9 Å². The predicted octanol–water partition coefficient (Wildman–Crippen LogP) is 4.18. The zero-order valence-corrected chi connectivity index (χ0v) is 16.8. The lowest BCUT2D eigenvalue weighted by Gasteiger charge is -2.31. The van der Waals surface area contributed by atoms with E-state index in [1.807, 2.05) is 29.3 Å². The fraction of sp³-hybridized carbons (Fsp3) is 0.524. The first-order valence-corrected chi connectivity index (χ1v) is 10.7. The van der Waals surface area contributed by atoms with Gasteiger partial charge in [-0.15, -0.1) is 11.3 Å². The monoisotopic (exact) mass is 385 g/mol. The van der Waals surface area contributed by atoms with Crippen LogP contribution in [0.3, 0.4) is 0 Å². The third-order valence-corrected chi connectivity index (χ3v) is 6.51. The van der Waals surface area contributed by atoms with Crippen LogP contribution in [0.1, 0.15) is 61.5 Å². The molecule has 1 aromatic heterocycles. The molecule has 1 aliphatic heterocycles. The molecule has 4 rings (SSSR count). The number of hydrogen-bond donors (Lipinski definition) is 1. The van der Waals surface area contributed by atoms with Gasteiger partial charge < -0.3 is 9.64 Å². The second kappa shape index (κ2) is 7.60. The summed E-state index contributed by atoms with van der Waals surface area (Å²) in [7, 11) is 0. The lowest BCUT2D eigenvalue weighted by Crippen LogP contribution is -2.48. The molecule has 144 valence electrons. The molecule has 1 amide bonds. The first-order valence-electron chi connectivity index (χ1n) is 9.84. The number of carbonyl (C=O) groups is 1. The van der Waals surface area contributed by atoms with E-state index in [1.165, 1.54) is 6.42 Å². The molecule has 0 radical (unpaired) electrons. The molecule has 2 aliphatic rings. The molecular weight excluding hydrogens is 358 g/mol. The fourth-order valence-electron chi connectivity index (χ4n) is 4.27. The number of aryl methyl sites for hydroxylation is 1. The molecule has 0 bridgehead atoms. The number of amides is 1. The summed E-state index contributed by atoms with van der Waals surface area (Å²) in [5.41, 5.74) is 1.72. The second-order valence-electron chi connectivity index (χ2n) is 7.50. The Morgan fingerprint density at radius 1 is 1.26 bits per heavy atom. The van der Waals surface area contributed by atoms with Crippen LogP contribution in [-0.2, 0) is 11.4 Å². The van der Waals surface area contributed by atoms with Crippen molar-refractivity contribution in [3.63, 3.8) is 0 Å². The Kier molecular flexibility index (Phi) is 5.19. The maximum absolute atomic E-state index is 13.1. The van der Waals surface area contributed by atoms with E-state index < -0.39 is 0 Å². The van der Waals surface area contributed by atoms with Gasteiger partial charge in [0.2, 0.25) is 5.91 Å². The van der Waals surface area contributed by atoms with Crippen molar-refractivity contribution in [1.29, 1.82) is 0 Å². The average Bonchev–Trinajstić information content (AvgIpc) is 3.23. The molecule has 1 N–H and O–H groups in total. The minimum Gasteiger partial charge on any atom is -0.487 e. The van der Waals surface area contributed by atoms with Gasteiger partial charge in [-0.1, -0.05) is 31.4 Å². The highest BCUT2D eigenvalue weighted by Gasteiger charge is 2.50. The van der Waals surface area contributed by atoms with Crippen molar-refractivity contribution in [2.24, 2.45) is 0 Å². The standard InChI is InChI=1S/C21H27N3O2S/c1-3-24-19(23-21(20(24)25)11-5-4-6-12-21)16-7-9-18(10-8-16)26-13-17-14-27-15(2)22-17/h7-10,14,19,23H,3-6,11-13H2,1-2H3. The first kappa shape index (κ1) is 18.4. The summed E-state index contributed by atoms with van der Waals surface area (Å²) < 4.78 is 5.85. The van der Waals surface area contributed by atoms with Crippen LogP contribution in [0, 0.1) is 6.92 Å². The number of likely N-dealkylation sites (N-methyl/N-ethyl adjacent to an activating group) is 1. The van der Waals surface area contributed by atoms with Crippen molar-refractivity contribution in [3.05, 3.63) is 45.9 Å². The quantitative estimate of drug-likeness (QED) is 0.839. The largest absolute Gasteiger partial charge is 0.487 e. The number of rotatable bonds is 5. The highest BCUT2D eigenvalue weighted by atomic mass is 32.1. The second-order valence-corrected chi connectivity index (χ2v) is 8.56. The average molecular weight is 386 g/mol. The van der Waals surface area contributed by atoms with Gasteiger partial charge in [-0.05, 0) is 44.4 Å². The Labute approximate surface area is 164 Å². The molecule has 1 unspecified atom stereocenters. The van der Waals surface area contributed by atoms with Crippen molar-refractivity contribution in [2.45, 2.75) is 64.3 Å². The van der Waals surface area contributed by atoms with E-state index in [-0.39, 0.29) is 17.6 Å². The number of thiazole rings is 1. The molecule has 2 heterocycles. The molecule has 2 aromatic rings. The summed E-state index contributed by atoms with van der Waals surface area (Å²) in [5, 5.41) is 6.76. The van der Waals surface area contributed by atoms with E-state index in [0.717, 1.165) is 54.2 Å². The number of nitrogens with zero attached hydrogens (tertiary/aromatic N) is 2. The molecule has 1 saturated heterocycles. The van der Waals surface area contributed by atoms with Gasteiger partial charge in [-0.25, -0.2) is 4.98 Å². The van der Waals surface area contributed by atoms with Gasteiger partial charge in [0.25, 0.3) is 0 Å². The van der Waals surface area contributed by atoms with Crippen LogP contribution in [0.4, 0.5) is 0 Å². The van der Waals surface area contributed by atoms with E-state index >= 15 is 0 Å². The molecule has 5 nitrogen and oxygen atoms in total. The van der Waals surface area contributed by atoms with Crippen LogP contribution in [0.25, 0.3) is 0 Å². The summed E-state index contributed by atoms with van der Waals surface area (Å²) in [6.07, 6.45) is 5.35. The fourth-order valence-corrected chi connectivity index (χ4v) is 4.87. The number of hydrogen-bond acceptors (Lipinski definition) is 5. The number of ether oxygens (including phenoxy) is 1. The lowest BCUT2D eigenvalue weighted by atomic mass is 9.81. The van der Waals surface area contributed by atoms with Gasteiger partial charge in [0.15, 0.2) is 0 Å². The number of aromatic nitrogens is 1. The summed E-state index contributed by atoms with van der Waals surface area (Å²) in [4.78, 5) is 19.5. The molecule has 1 aliphatic carbocycles. The Bertz CT molecular complexity index is 796. The Morgan fingerprint density at radius 3 is 2.63 bits per heavy atom. The molecule has 1 atom stereocenters. The van der Waals surface area contributed by atoms with Crippen molar-refractivity contribution in [1.82, 2.24) is 15.2 Å². The molecule has 2 fully saturated rings. The number of carbonyl (C=O) groups excluding carboxylic acids is 1. The molecular formula is C21H27N3O2S. The maximum atomic E-state index is 13.1. The number of benzene rings is 1. The normalized spacial score (nSPS) is 21.8. The van der Waals surface area contributed by atoms with Gasteiger partial charge in [-0.2, -0.15) is 0 Å². The topological polar surface area (TPSA) is 54.5 Å². The van der Waals surface area contributed by atoms with E-state index in [0.29, 0.717) is 6.61 Å². The zero-order chi connectivity index (χ0) is 18.9. The molecule has 1 aromatic carbocycles. The van der Waals surface area contributed by atoms with Gasteiger partial charge in [0, 0.05) is 11.9 Å². The van der Waals surface area contributed by atoms with Crippen molar-refractivity contribution < 1.29 is 9.53 Å². The van der Waals surface area contributed by atoms with Crippen LogP contribution >= 0.6 is 11.3 Å². The van der Waals surface area contributed by atoms with Gasteiger partial charge in [0.05, 0.1) is 16.2 Å². The third kappa shape index (κ3) is 3.60. The smallest absolute Gasteiger partial charge is 0.244 e. The van der Waals surface area contributed by atoms with E-state index in [1.54, 1.807) is 11.3 Å². The minimum atomic E-state index is -0.351. The van der Waals surface area contributed by atoms with Gasteiger partial charge in [-0.3, -0.25) is 10.1 Å². The highest BCUT2D eigenvalue weighted by molar-refractivity contribution is 7.09. The summed E-state index contributed by atoms with van der Waals surface area (Å²) in [5.74, 6) is 1.10. The third-order valence-electron chi connectivity index (χ3n) is 5.69. The summed E-state index contributed by atoms with van der Waals surface area (Å²) in [6.45, 7) is 5.26. The van der Waals surface area contributed by atoms with Crippen molar-refractivity contribution in [2.75, 3.05) is 6.54 Å². The molecule has 1 spiro atoms. The Morgan fingerprint density at radius 2 is 2.00 bits per heavy atom. The minimum absolute atomic E-state index is 0.0455. The van der Waals surface area contributed by atoms with E-state index in [9.17, 15) is 4.79 Å². The Hall–Kier alpha value is -1.92. The van der Waals surface area contributed by atoms with Crippen LogP contribution in [0.5, 0.6) is 5.75 Å². The van der Waals surface area contributed by atoms with Crippen molar-refractivity contribution in [3.8, 4) is 5.75 Å². The van der Waals surface area contributed by atoms with Crippen molar-refractivity contribution >= 4 is 17.2 Å². The first-order chi connectivity index (χ1) is 13.1. The SMILES string of the molecule is CCN1C(=O)C2(CCCCC2)NC1c1ccc(OCc2csc(C)n2)cc1. The van der Waals surface area contributed by atoms with E-state index in [4.69, 9.17) is 4.74 Å². The highest BCUT2D eigenvalue weighted by Crippen LogP contribution is 2.39. The predicted molar refractivity (Wildman–Crippen MR) is 107 cm³/mol. The van der Waals surface area contributed by atoms with Gasteiger partial charge >= 0.3 is 0 Å². The molecule has 27 heavy (non-hydrogen) atoms. The van der Waals surface area contributed by atoms with E-state index in [2.05, 4.69) is 29.4 Å². The number of nitrogens with one attached hydrogen (secondary N) is 1. The summed E-state index contributed by atoms with van der Waals surface area (Å²) in [6, 6.07) is 8.11. The van der Waals surface area contributed by atoms with Crippen LogP contribution in [0.15, 0.2) is 29.6 Å². The maximum Gasteiger partial charge on any atom is 0.244 e. The lowest BCUT2D eigenvalue weighted by molar-refractivity contribution is -0.134. The zero-order valence-electron chi connectivity index (χ0n) is 16.0.